The molecule has 0 aromatic rings. The SMILES string of the molecule is CCCNC(C)(C#N)CN1CCCC(OCC)C1. The van der Waals surface area contributed by atoms with Gasteiger partial charge < -0.3 is 4.74 Å². The zero-order chi connectivity index (χ0) is 13.4. The van der Waals surface area contributed by atoms with Gasteiger partial charge in [-0.1, -0.05) is 6.92 Å². The molecule has 0 spiro atoms. The van der Waals surface area contributed by atoms with Gasteiger partial charge in [0, 0.05) is 19.7 Å². The summed E-state index contributed by atoms with van der Waals surface area (Å²) in [6, 6.07) is 2.41. The van der Waals surface area contributed by atoms with E-state index in [2.05, 4.69) is 23.2 Å². The van der Waals surface area contributed by atoms with E-state index in [9.17, 15) is 5.26 Å². The van der Waals surface area contributed by atoms with Crippen molar-refractivity contribution in [3.63, 3.8) is 0 Å². The van der Waals surface area contributed by atoms with Crippen LogP contribution >= 0.6 is 0 Å². The number of rotatable bonds is 7. The number of piperidine rings is 1. The van der Waals surface area contributed by atoms with E-state index in [4.69, 9.17) is 4.74 Å². The summed E-state index contributed by atoms with van der Waals surface area (Å²) in [5.74, 6) is 0. The molecule has 1 heterocycles. The summed E-state index contributed by atoms with van der Waals surface area (Å²) in [6.07, 6.45) is 3.72. The molecule has 1 aliphatic heterocycles. The van der Waals surface area contributed by atoms with Crippen LogP contribution < -0.4 is 5.32 Å². The van der Waals surface area contributed by atoms with E-state index in [1.165, 1.54) is 6.42 Å². The van der Waals surface area contributed by atoms with Crippen molar-refractivity contribution < 1.29 is 4.74 Å². The van der Waals surface area contributed by atoms with Gasteiger partial charge in [0.05, 0.1) is 12.2 Å². The van der Waals surface area contributed by atoms with Crippen LogP contribution in [0.5, 0.6) is 0 Å². The maximum absolute atomic E-state index is 9.34. The second-order valence-electron chi connectivity index (χ2n) is 5.33. The third-order valence-corrected chi connectivity index (χ3v) is 3.42. The quantitative estimate of drug-likeness (QED) is 0.751. The fraction of sp³-hybridized carbons (Fsp3) is 0.929. The molecule has 0 aliphatic carbocycles. The van der Waals surface area contributed by atoms with E-state index in [0.717, 1.165) is 45.6 Å². The van der Waals surface area contributed by atoms with Crippen LogP contribution in [0.15, 0.2) is 0 Å². The number of nitrogens with zero attached hydrogens (tertiary/aromatic N) is 2. The van der Waals surface area contributed by atoms with Crippen molar-refractivity contribution in [1.82, 2.24) is 10.2 Å². The summed E-state index contributed by atoms with van der Waals surface area (Å²) in [4.78, 5) is 2.36. The molecule has 2 atom stereocenters. The van der Waals surface area contributed by atoms with Gasteiger partial charge in [-0.3, -0.25) is 10.2 Å². The lowest BCUT2D eigenvalue weighted by Gasteiger charge is -2.36. The Morgan fingerprint density at radius 2 is 2.28 bits per heavy atom. The minimum Gasteiger partial charge on any atom is -0.377 e. The molecule has 2 unspecified atom stereocenters. The van der Waals surface area contributed by atoms with Crippen LogP contribution in [0.4, 0.5) is 0 Å². The van der Waals surface area contributed by atoms with Crippen molar-refractivity contribution in [1.29, 1.82) is 5.26 Å². The Kier molecular flexibility index (Phi) is 6.62. The van der Waals surface area contributed by atoms with Crippen LogP contribution in [-0.4, -0.2) is 49.3 Å². The first-order chi connectivity index (χ1) is 8.63. The Morgan fingerprint density at radius 3 is 2.89 bits per heavy atom. The van der Waals surface area contributed by atoms with Crippen molar-refractivity contribution >= 4 is 0 Å². The second-order valence-corrected chi connectivity index (χ2v) is 5.33. The van der Waals surface area contributed by atoms with Crippen molar-refractivity contribution in [2.75, 3.05) is 32.8 Å². The lowest BCUT2D eigenvalue weighted by Crippen LogP contribution is -2.53. The summed E-state index contributed by atoms with van der Waals surface area (Å²) in [6.45, 7) is 10.7. The molecule has 1 saturated heterocycles. The monoisotopic (exact) mass is 253 g/mol. The molecular formula is C14H27N3O. The summed E-state index contributed by atoms with van der Waals surface area (Å²) in [5.41, 5.74) is -0.440. The van der Waals surface area contributed by atoms with Crippen LogP contribution in [0, 0.1) is 11.3 Å². The molecule has 1 fully saturated rings. The van der Waals surface area contributed by atoms with E-state index < -0.39 is 5.54 Å². The molecule has 0 saturated carbocycles. The lowest BCUT2D eigenvalue weighted by atomic mass is 10.0. The molecule has 18 heavy (non-hydrogen) atoms. The largest absolute Gasteiger partial charge is 0.377 e. The highest BCUT2D eigenvalue weighted by Crippen LogP contribution is 2.16. The summed E-state index contributed by atoms with van der Waals surface area (Å²) in [5, 5.41) is 12.7. The van der Waals surface area contributed by atoms with Gasteiger partial charge in [-0.15, -0.1) is 0 Å². The van der Waals surface area contributed by atoms with Crippen LogP contribution in [0.1, 0.15) is 40.0 Å². The maximum atomic E-state index is 9.34. The summed E-state index contributed by atoms with van der Waals surface area (Å²) >= 11 is 0. The van der Waals surface area contributed by atoms with Crippen molar-refractivity contribution in [3.05, 3.63) is 0 Å². The molecule has 104 valence electrons. The number of hydrogen-bond donors (Lipinski definition) is 1. The zero-order valence-corrected chi connectivity index (χ0v) is 12.0. The summed E-state index contributed by atoms with van der Waals surface area (Å²) < 4.78 is 5.70. The Labute approximate surface area is 111 Å². The van der Waals surface area contributed by atoms with E-state index >= 15 is 0 Å². The average Bonchev–Trinajstić information content (AvgIpc) is 2.37. The number of ether oxygens (including phenoxy) is 1. The molecule has 0 amide bonds. The van der Waals surface area contributed by atoms with Crippen LogP contribution in [-0.2, 0) is 4.74 Å². The number of nitriles is 1. The zero-order valence-electron chi connectivity index (χ0n) is 12.0. The van der Waals surface area contributed by atoms with Crippen molar-refractivity contribution in [2.24, 2.45) is 0 Å². The molecule has 0 radical (unpaired) electrons. The van der Waals surface area contributed by atoms with Gasteiger partial charge in [0.2, 0.25) is 0 Å². The molecule has 4 nitrogen and oxygen atoms in total. The average molecular weight is 253 g/mol. The highest BCUT2D eigenvalue weighted by Gasteiger charge is 2.29. The van der Waals surface area contributed by atoms with Crippen LogP contribution in [0.25, 0.3) is 0 Å². The third-order valence-electron chi connectivity index (χ3n) is 3.42. The van der Waals surface area contributed by atoms with Gasteiger partial charge in [-0.25, -0.2) is 0 Å². The summed E-state index contributed by atoms with van der Waals surface area (Å²) in [7, 11) is 0. The Morgan fingerprint density at radius 1 is 1.50 bits per heavy atom. The Bertz CT molecular complexity index is 275. The van der Waals surface area contributed by atoms with Gasteiger partial charge >= 0.3 is 0 Å². The molecule has 1 N–H and O–H groups in total. The van der Waals surface area contributed by atoms with E-state index in [0.29, 0.717) is 6.10 Å². The van der Waals surface area contributed by atoms with Gasteiger partial charge in [-0.2, -0.15) is 5.26 Å². The molecule has 0 aromatic carbocycles. The first-order valence-corrected chi connectivity index (χ1v) is 7.13. The molecule has 1 rings (SSSR count). The second kappa shape index (κ2) is 7.73. The first kappa shape index (κ1) is 15.4. The lowest BCUT2D eigenvalue weighted by molar-refractivity contribution is 0.00157. The van der Waals surface area contributed by atoms with E-state index in [1.807, 2.05) is 13.8 Å². The van der Waals surface area contributed by atoms with Crippen molar-refractivity contribution in [2.45, 2.75) is 51.7 Å². The molecule has 1 aliphatic rings. The highest BCUT2D eigenvalue weighted by atomic mass is 16.5. The molecular weight excluding hydrogens is 226 g/mol. The van der Waals surface area contributed by atoms with Crippen molar-refractivity contribution in [3.8, 4) is 6.07 Å². The predicted octanol–water partition coefficient (Wildman–Crippen LogP) is 1.77. The number of nitrogens with one attached hydrogen (secondary N) is 1. The Balaban J connectivity index is 2.46. The normalized spacial score (nSPS) is 24.4. The number of likely N-dealkylation sites (tertiary alicyclic amines) is 1. The van der Waals surface area contributed by atoms with Crippen LogP contribution in [0.3, 0.4) is 0 Å². The van der Waals surface area contributed by atoms with Gasteiger partial charge in [0.1, 0.15) is 5.54 Å². The smallest absolute Gasteiger partial charge is 0.116 e. The van der Waals surface area contributed by atoms with Gasteiger partial charge in [0.25, 0.3) is 0 Å². The minimum atomic E-state index is -0.440. The van der Waals surface area contributed by atoms with Crippen LogP contribution in [0.2, 0.25) is 0 Å². The van der Waals surface area contributed by atoms with E-state index in [1.54, 1.807) is 0 Å². The van der Waals surface area contributed by atoms with E-state index in [-0.39, 0.29) is 0 Å². The molecule has 0 aromatic heterocycles. The fourth-order valence-corrected chi connectivity index (χ4v) is 2.51. The van der Waals surface area contributed by atoms with Gasteiger partial charge in [-0.05, 0) is 46.2 Å². The molecule has 4 heteroatoms. The maximum Gasteiger partial charge on any atom is 0.116 e. The Hall–Kier alpha value is -0.630. The number of hydrogen-bond acceptors (Lipinski definition) is 4. The third kappa shape index (κ3) is 4.93. The standard InChI is InChI=1S/C14H27N3O/c1-4-8-16-14(3,11-15)12-17-9-6-7-13(10-17)18-5-2/h13,16H,4-10,12H2,1-3H3. The first-order valence-electron chi connectivity index (χ1n) is 7.13. The topological polar surface area (TPSA) is 48.3 Å². The fourth-order valence-electron chi connectivity index (χ4n) is 2.51. The highest BCUT2D eigenvalue weighted by molar-refractivity contribution is 5.06. The predicted molar refractivity (Wildman–Crippen MR) is 73.4 cm³/mol. The van der Waals surface area contributed by atoms with Gasteiger partial charge in [0.15, 0.2) is 0 Å². The minimum absolute atomic E-state index is 0.345. The molecule has 0 bridgehead atoms.